The lowest BCUT2D eigenvalue weighted by Crippen LogP contribution is -2.30. The van der Waals surface area contributed by atoms with Gasteiger partial charge in [0.05, 0.1) is 19.3 Å². The van der Waals surface area contributed by atoms with E-state index in [-0.39, 0.29) is 18.5 Å². The van der Waals surface area contributed by atoms with E-state index < -0.39 is 0 Å². The summed E-state index contributed by atoms with van der Waals surface area (Å²) in [5, 5.41) is 7.12. The first kappa shape index (κ1) is 17.6. The van der Waals surface area contributed by atoms with E-state index >= 15 is 0 Å². The molecule has 0 fully saturated rings. The van der Waals surface area contributed by atoms with Crippen molar-refractivity contribution < 1.29 is 9.53 Å². The first-order valence-electron chi connectivity index (χ1n) is 7.12. The van der Waals surface area contributed by atoms with Crippen LogP contribution >= 0.6 is 23.2 Å². The van der Waals surface area contributed by atoms with Gasteiger partial charge in [-0.1, -0.05) is 41.4 Å². The zero-order chi connectivity index (χ0) is 16.8. The molecule has 4 nitrogen and oxygen atoms in total. The average Bonchev–Trinajstić information content (AvgIpc) is 2.53. The Morgan fingerprint density at radius 2 is 1.96 bits per heavy atom. The lowest BCUT2D eigenvalue weighted by molar-refractivity contribution is -0.115. The minimum atomic E-state index is -0.190. The highest BCUT2D eigenvalue weighted by atomic mass is 35.5. The van der Waals surface area contributed by atoms with Crippen molar-refractivity contribution in [3.63, 3.8) is 0 Å². The van der Waals surface area contributed by atoms with Crippen LogP contribution in [0.3, 0.4) is 0 Å². The van der Waals surface area contributed by atoms with Crippen LogP contribution in [0.15, 0.2) is 42.5 Å². The molecule has 0 bridgehead atoms. The number of anilines is 1. The first-order valence-corrected chi connectivity index (χ1v) is 7.88. The Hall–Kier alpha value is -1.75. The standard InChI is InChI=1S/C17H18Cl2N2O2/c1-11(13-5-3-4-6-14(13)19)20-10-17(22)21-15-9-12(18)7-8-16(15)23-2/h3-9,11,20H,10H2,1-2H3,(H,21,22)/t11-/m0/s1. The molecule has 0 heterocycles. The summed E-state index contributed by atoms with van der Waals surface area (Å²) >= 11 is 12.1. The summed E-state index contributed by atoms with van der Waals surface area (Å²) in [6.07, 6.45) is 0. The number of carbonyl (C=O) groups excluding carboxylic acids is 1. The second-order valence-corrected chi connectivity index (χ2v) is 5.86. The van der Waals surface area contributed by atoms with E-state index in [0.717, 1.165) is 5.56 Å². The number of ether oxygens (including phenoxy) is 1. The number of amides is 1. The highest BCUT2D eigenvalue weighted by molar-refractivity contribution is 6.31. The van der Waals surface area contributed by atoms with Gasteiger partial charge in [0.25, 0.3) is 0 Å². The summed E-state index contributed by atoms with van der Waals surface area (Å²) in [6.45, 7) is 2.09. The maximum Gasteiger partial charge on any atom is 0.238 e. The van der Waals surface area contributed by atoms with E-state index in [1.165, 1.54) is 7.11 Å². The van der Waals surface area contributed by atoms with Crippen LogP contribution in [0.1, 0.15) is 18.5 Å². The van der Waals surface area contributed by atoms with Crippen LogP contribution in [0.25, 0.3) is 0 Å². The van der Waals surface area contributed by atoms with Gasteiger partial charge in [0.15, 0.2) is 0 Å². The largest absolute Gasteiger partial charge is 0.495 e. The molecule has 2 aromatic carbocycles. The fraction of sp³-hybridized carbons (Fsp3) is 0.235. The lowest BCUT2D eigenvalue weighted by atomic mass is 10.1. The highest BCUT2D eigenvalue weighted by Crippen LogP contribution is 2.27. The molecule has 6 heteroatoms. The Balaban J connectivity index is 1.95. The highest BCUT2D eigenvalue weighted by Gasteiger charge is 2.12. The molecular weight excluding hydrogens is 335 g/mol. The minimum Gasteiger partial charge on any atom is -0.495 e. The average molecular weight is 353 g/mol. The summed E-state index contributed by atoms with van der Waals surface area (Å²) < 4.78 is 5.20. The van der Waals surface area contributed by atoms with E-state index in [4.69, 9.17) is 27.9 Å². The van der Waals surface area contributed by atoms with Crippen molar-refractivity contribution in [1.29, 1.82) is 0 Å². The van der Waals surface area contributed by atoms with Gasteiger partial charge < -0.3 is 15.4 Å². The Morgan fingerprint density at radius 1 is 1.22 bits per heavy atom. The third kappa shape index (κ3) is 4.86. The third-order valence-corrected chi connectivity index (χ3v) is 3.96. The lowest BCUT2D eigenvalue weighted by Gasteiger charge is -2.16. The van der Waals surface area contributed by atoms with E-state index in [2.05, 4.69) is 10.6 Å². The predicted molar refractivity (Wildman–Crippen MR) is 94.5 cm³/mol. The molecule has 0 aliphatic heterocycles. The molecule has 0 radical (unpaired) electrons. The van der Waals surface area contributed by atoms with Gasteiger partial charge in [-0.05, 0) is 36.8 Å². The van der Waals surface area contributed by atoms with E-state index in [9.17, 15) is 4.79 Å². The van der Waals surface area contributed by atoms with Crippen molar-refractivity contribution in [2.75, 3.05) is 19.0 Å². The van der Waals surface area contributed by atoms with Gasteiger partial charge >= 0.3 is 0 Å². The summed E-state index contributed by atoms with van der Waals surface area (Å²) in [7, 11) is 1.54. The molecule has 2 aromatic rings. The molecule has 23 heavy (non-hydrogen) atoms. The van der Waals surface area contributed by atoms with Crippen molar-refractivity contribution in [2.24, 2.45) is 0 Å². The van der Waals surface area contributed by atoms with Crippen LogP contribution in [0.4, 0.5) is 5.69 Å². The number of hydrogen-bond acceptors (Lipinski definition) is 3. The van der Waals surface area contributed by atoms with E-state index in [0.29, 0.717) is 21.5 Å². The van der Waals surface area contributed by atoms with Gasteiger partial charge in [-0.3, -0.25) is 4.79 Å². The van der Waals surface area contributed by atoms with Crippen LogP contribution in [0, 0.1) is 0 Å². The molecule has 0 aromatic heterocycles. The van der Waals surface area contributed by atoms with Crippen LogP contribution in [-0.4, -0.2) is 19.6 Å². The number of rotatable bonds is 6. The SMILES string of the molecule is COc1ccc(Cl)cc1NC(=O)CN[C@@H](C)c1ccccc1Cl. The van der Waals surface area contributed by atoms with Gasteiger partial charge in [-0.25, -0.2) is 0 Å². The Labute approximate surface area is 145 Å². The van der Waals surface area contributed by atoms with E-state index in [1.807, 2.05) is 31.2 Å². The number of methoxy groups -OCH3 is 1. The van der Waals surface area contributed by atoms with Gasteiger partial charge in [0.2, 0.25) is 5.91 Å². The fourth-order valence-electron chi connectivity index (χ4n) is 2.15. The van der Waals surface area contributed by atoms with Crippen molar-refractivity contribution in [1.82, 2.24) is 5.32 Å². The van der Waals surface area contributed by atoms with Crippen molar-refractivity contribution in [2.45, 2.75) is 13.0 Å². The minimum absolute atomic E-state index is 0.0456. The molecule has 0 spiro atoms. The zero-order valence-corrected chi connectivity index (χ0v) is 14.4. The van der Waals surface area contributed by atoms with Gasteiger partial charge in [0.1, 0.15) is 5.75 Å². The molecule has 0 aliphatic rings. The number of nitrogens with one attached hydrogen (secondary N) is 2. The second-order valence-electron chi connectivity index (χ2n) is 5.02. The smallest absolute Gasteiger partial charge is 0.238 e. The third-order valence-electron chi connectivity index (χ3n) is 3.38. The first-order chi connectivity index (χ1) is 11.0. The van der Waals surface area contributed by atoms with Crippen molar-refractivity contribution in [3.05, 3.63) is 58.1 Å². The molecule has 0 unspecified atom stereocenters. The number of hydrogen-bond donors (Lipinski definition) is 2. The molecule has 2 N–H and O–H groups in total. The number of halogens is 2. The van der Waals surface area contributed by atoms with E-state index in [1.54, 1.807) is 18.2 Å². The van der Waals surface area contributed by atoms with Crippen molar-refractivity contribution >= 4 is 34.8 Å². The maximum atomic E-state index is 12.1. The van der Waals surface area contributed by atoms with Gasteiger partial charge in [0, 0.05) is 16.1 Å². The molecule has 122 valence electrons. The molecule has 0 saturated heterocycles. The van der Waals surface area contributed by atoms with Crippen LogP contribution in [0.5, 0.6) is 5.75 Å². The zero-order valence-electron chi connectivity index (χ0n) is 12.9. The molecule has 0 aliphatic carbocycles. The van der Waals surface area contributed by atoms with Crippen molar-refractivity contribution in [3.8, 4) is 5.75 Å². The van der Waals surface area contributed by atoms with Crippen LogP contribution < -0.4 is 15.4 Å². The number of benzene rings is 2. The number of carbonyl (C=O) groups is 1. The van der Waals surface area contributed by atoms with Gasteiger partial charge in [-0.2, -0.15) is 0 Å². The molecule has 0 saturated carbocycles. The topological polar surface area (TPSA) is 50.4 Å². The fourth-order valence-corrected chi connectivity index (χ4v) is 2.63. The van der Waals surface area contributed by atoms with Crippen LogP contribution in [0.2, 0.25) is 10.0 Å². The summed E-state index contributed by atoms with van der Waals surface area (Å²) in [5.74, 6) is 0.367. The summed E-state index contributed by atoms with van der Waals surface area (Å²) in [4.78, 5) is 12.1. The normalized spacial score (nSPS) is 11.8. The second kappa shape index (κ2) is 8.20. The molecule has 2 rings (SSSR count). The Kier molecular flexibility index (Phi) is 6.28. The quantitative estimate of drug-likeness (QED) is 0.815. The summed E-state index contributed by atoms with van der Waals surface area (Å²) in [6, 6.07) is 12.5. The Morgan fingerprint density at radius 3 is 2.65 bits per heavy atom. The Bertz CT molecular complexity index is 692. The summed E-state index contributed by atoms with van der Waals surface area (Å²) in [5.41, 5.74) is 1.49. The maximum absolute atomic E-state index is 12.1. The molecule has 1 amide bonds. The molecule has 1 atom stereocenters. The monoisotopic (exact) mass is 352 g/mol. The van der Waals surface area contributed by atoms with Crippen LogP contribution in [-0.2, 0) is 4.79 Å². The molecular formula is C17H18Cl2N2O2. The predicted octanol–water partition coefficient (Wildman–Crippen LogP) is 4.29. The van der Waals surface area contributed by atoms with Gasteiger partial charge in [-0.15, -0.1) is 0 Å².